The van der Waals surface area contributed by atoms with Gasteiger partial charge in [-0.25, -0.2) is 0 Å². The van der Waals surface area contributed by atoms with Gasteiger partial charge in [-0.2, -0.15) is 0 Å². The average Bonchev–Trinajstić information content (AvgIpc) is 3.29. The standard InChI is InChI=1S/C32H48BN3O5/c1-29(2,21-37)27(38)35-16-12-32(13-17-35)25-11-10-22(33-40-30(3,4)31(5,6)41-33)18-26(25)36(28(32)39)24-19-23(20-24)34-14-8-7-9-15-34/h10-11,18,23-24,37H,7-9,12-17,19-21H2,1-6H3/t23-,24+. The SMILES string of the molecule is CC(C)(CO)C(=O)N1CCC2(CC1)C(=O)N([C@H]1C[C@@H](N3CCCCC3)C1)c1cc(B3OC(C)(C)C(C)(C)O3)ccc12. The number of carbonyl (C=O) groups is 2. The fourth-order valence-electron chi connectivity index (χ4n) is 7.52. The van der Waals surface area contributed by atoms with E-state index in [1.165, 1.54) is 32.4 Å². The molecule has 1 aromatic carbocycles. The normalized spacial score (nSPS) is 29.1. The Morgan fingerprint density at radius 3 is 2.17 bits per heavy atom. The molecule has 4 fully saturated rings. The van der Waals surface area contributed by atoms with Crippen LogP contribution in [0.4, 0.5) is 5.69 Å². The number of aliphatic hydroxyl groups excluding tert-OH is 1. The lowest BCUT2D eigenvalue weighted by atomic mass is 9.71. The van der Waals surface area contributed by atoms with Crippen molar-refractivity contribution in [2.75, 3.05) is 37.7 Å². The number of rotatable bonds is 5. The number of nitrogens with zero attached hydrogens (tertiary/aromatic N) is 3. The number of fused-ring (bicyclic) bond motifs is 2. The summed E-state index contributed by atoms with van der Waals surface area (Å²) in [5.74, 6) is 0.144. The summed E-state index contributed by atoms with van der Waals surface area (Å²) in [5, 5.41) is 9.77. The van der Waals surface area contributed by atoms with Crippen molar-refractivity contribution < 1.29 is 24.0 Å². The van der Waals surface area contributed by atoms with Crippen LogP contribution in [-0.2, 0) is 24.3 Å². The number of piperidine rings is 2. The summed E-state index contributed by atoms with van der Waals surface area (Å²) >= 11 is 0. The molecular weight excluding hydrogens is 517 g/mol. The number of amides is 2. The van der Waals surface area contributed by atoms with Gasteiger partial charge in [0.1, 0.15) is 0 Å². The molecule has 0 aromatic heterocycles. The highest BCUT2D eigenvalue weighted by Crippen LogP contribution is 2.51. The quantitative estimate of drug-likeness (QED) is 0.553. The minimum atomic E-state index is -0.818. The zero-order valence-electron chi connectivity index (χ0n) is 25.9. The summed E-state index contributed by atoms with van der Waals surface area (Å²) < 4.78 is 12.8. The van der Waals surface area contributed by atoms with Gasteiger partial charge in [-0.1, -0.05) is 18.6 Å². The Kier molecular flexibility index (Phi) is 7.16. The maximum Gasteiger partial charge on any atom is 0.494 e. The Morgan fingerprint density at radius 2 is 1.59 bits per heavy atom. The molecule has 0 atom stereocenters. The topological polar surface area (TPSA) is 82.6 Å². The Hall–Kier alpha value is -1.94. The van der Waals surface area contributed by atoms with Crippen LogP contribution in [-0.4, -0.2) is 89.9 Å². The molecule has 4 heterocycles. The van der Waals surface area contributed by atoms with Crippen molar-refractivity contribution in [3.63, 3.8) is 0 Å². The van der Waals surface area contributed by atoms with Crippen LogP contribution in [0.1, 0.15) is 92.1 Å². The fourth-order valence-corrected chi connectivity index (χ4v) is 7.52. The fraction of sp³-hybridized carbons (Fsp3) is 0.750. The molecule has 4 aliphatic heterocycles. The van der Waals surface area contributed by atoms with Crippen molar-refractivity contribution in [2.45, 2.75) is 115 Å². The molecule has 0 bridgehead atoms. The van der Waals surface area contributed by atoms with E-state index < -0.39 is 29.2 Å². The van der Waals surface area contributed by atoms with E-state index in [-0.39, 0.29) is 24.5 Å². The number of hydrogen-bond donors (Lipinski definition) is 1. The van der Waals surface area contributed by atoms with E-state index in [1.807, 2.05) is 4.90 Å². The highest BCUT2D eigenvalue weighted by molar-refractivity contribution is 6.62. The van der Waals surface area contributed by atoms with Gasteiger partial charge >= 0.3 is 7.12 Å². The number of benzene rings is 1. The van der Waals surface area contributed by atoms with E-state index in [2.05, 4.69) is 55.7 Å². The molecular formula is C32H48BN3O5. The first kappa shape index (κ1) is 29.2. The molecule has 0 radical (unpaired) electrons. The number of aliphatic hydroxyl groups is 1. The van der Waals surface area contributed by atoms with Gasteiger partial charge in [0.25, 0.3) is 0 Å². The van der Waals surface area contributed by atoms with E-state index >= 15 is 0 Å². The maximum absolute atomic E-state index is 14.5. The van der Waals surface area contributed by atoms with Crippen LogP contribution in [0, 0.1) is 5.41 Å². The Bertz CT molecular complexity index is 1180. The lowest BCUT2D eigenvalue weighted by Crippen LogP contribution is -2.59. The molecule has 8 nitrogen and oxygen atoms in total. The highest BCUT2D eigenvalue weighted by Gasteiger charge is 2.57. The van der Waals surface area contributed by atoms with Crippen molar-refractivity contribution in [1.82, 2.24) is 9.80 Å². The first-order valence-corrected chi connectivity index (χ1v) is 15.8. The third kappa shape index (κ3) is 4.66. The smallest absolute Gasteiger partial charge is 0.399 e. The molecule has 1 spiro atoms. The summed E-state index contributed by atoms with van der Waals surface area (Å²) in [6, 6.07) is 7.09. The van der Waals surface area contributed by atoms with E-state index in [1.54, 1.807) is 13.8 Å². The van der Waals surface area contributed by atoms with E-state index in [4.69, 9.17) is 9.31 Å². The van der Waals surface area contributed by atoms with E-state index in [0.717, 1.165) is 29.6 Å². The molecule has 1 aliphatic carbocycles. The summed E-state index contributed by atoms with van der Waals surface area (Å²) in [4.78, 5) is 34.2. The van der Waals surface area contributed by atoms with Crippen LogP contribution < -0.4 is 10.4 Å². The molecule has 41 heavy (non-hydrogen) atoms. The van der Waals surface area contributed by atoms with Gasteiger partial charge < -0.3 is 29.1 Å². The van der Waals surface area contributed by atoms with Gasteiger partial charge in [0.15, 0.2) is 0 Å². The third-order valence-electron chi connectivity index (χ3n) is 11.2. The average molecular weight is 566 g/mol. The van der Waals surface area contributed by atoms with Gasteiger partial charge in [0.05, 0.1) is 28.6 Å². The highest BCUT2D eigenvalue weighted by atomic mass is 16.7. The summed E-state index contributed by atoms with van der Waals surface area (Å²) in [6.07, 6.45) is 7.09. The van der Waals surface area contributed by atoms with Crippen LogP contribution in [0.2, 0.25) is 0 Å². The Balaban J connectivity index is 1.29. The van der Waals surface area contributed by atoms with Gasteiger partial charge in [-0.3, -0.25) is 9.59 Å². The molecule has 224 valence electrons. The van der Waals surface area contributed by atoms with Crippen molar-refractivity contribution in [3.05, 3.63) is 23.8 Å². The van der Waals surface area contributed by atoms with E-state index in [9.17, 15) is 14.7 Å². The van der Waals surface area contributed by atoms with Crippen LogP contribution in [0.15, 0.2) is 18.2 Å². The molecule has 5 aliphatic rings. The maximum atomic E-state index is 14.5. The summed E-state index contributed by atoms with van der Waals surface area (Å²) in [5.41, 5.74) is 0.704. The van der Waals surface area contributed by atoms with Crippen LogP contribution in [0.5, 0.6) is 0 Å². The molecule has 6 rings (SSSR count). The molecule has 1 aromatic rings. The van der Waals surface area contributed by atoms with Crippen molar-refractivity contribution in [2.24, 2.45) is 5.41 Å². The lowest BCUT2D eigenvalue weighted by molar-refractivity contribution is -0.145. The van der Waals surface area contributed by atoms with E-state index in [0.29, 0.717) is 32.0 Å². The van der Waals surface area contributed by atoms with Crippen LogP contribution in [0.25, 0.3) is 0 Å². The molecule has 1 saturated carbocycles. The number of hydrogen-bond acceptors (Lipinski definition) is 6. The second-order valence-corrected chi connectivity index (χ2v) is 14.8. The minimum absolute atomic E-state index is 0.0446. The number of anilines is 1. The molecule has 2 amide bonds. The van der Waals surface area contributed by atoms with Crippen molar-refractivity contribution in [3.8, 4) is 0 Å². The zero-order chi connectivity index (χ0) is 29.4. The summed E-state index contributed by atoms with van der Waals surface area (Å²) in [6.45, 7) is 15.0. The third-order valence-corrected chi connectivity index (χ3v) is 11.2. The largest absolute Gasteiger partial charge is 0.494 e. The second kappa shape index (κ2) is 10.1. The van der Waals surface area contributed by atoms with Gasteiger partial charge in [-0.15, -0.1) is 0 Å². The lowest BCUT2D eigenvalue weighted by Gasteiger charge is -2.48. The molecule has 3 saturated heterocycles. The van der Waals surface area contributed by atoms with Crippen molar-refractivity contribution >= 4 is 30.1 Å². The second-order valence-electron chi connectivity index (χ2n) is 14.8. The van der Waals surface area contributed by atoms with Gasteiger partial charge in [-0.05, 0) is 110 Å². The molecule has 9 heteroatoms. The predicted molar refractivity (Wildman–Crippen MR) is 160 cm³/mol. The zero-order valence-corrected chi connectivity index (χ0v) is 25.9. The number of likely N-dealkylation sites (tertiary alicyclic amines) is 2. The Morgan fingerprint density at radius 1 is 0.976 bits per heavy atom. The Labute approximate surface area is 245 Å². The van der Waals surface area contributed by atoms with Gasteiger partial charge in [0.2, 0.25) is 11.8 Å². The monoisotopic (exact) mass is 565 g/mol. The van der Waals surface area contributed by atoms with Crippen LogP contribution >= 0.6 is 0 Å². The number of carbonyl (C=O) groups excluding carboxylic acids is 2. The first-order valence-electron chi connectivity index (χ1n) is 15.8. The minimum Gasteiger partial charge on any atom is -0.399 e. The summed E-state index contributed by atoms with van der Waals surface area (Å²) in [7, 11) is -0.485. The first-order chi connectivity index (χ1) is 19.3. The molecule has 0 unspecified atom stereocenters. The van der Waals surface area contributed by atoms with Crippen LogP contribution in [0.3, 0.4) is 0 Å². The molecule has 1 N–H and O–H groups in total. The van der Waals surface area contributed by atoms with Gasteiger partial charge in [0, 0.05) is 30.9 Å². The van der Waals surface area contributed by atoms with Crippen molar-refractivity contribution in [1.29, 1.82) is 0 Å². The predicted octanol–water partition coefficient (Wildman–Crippen LogP) is 3.23.